The summed E-state index contributed by atoms with van der Waals surface area (Å²) in [6, 6.07) is 6.03. The lowest BCUT2D eigenvalue weighted by Gasteiger charge is -2.24. The van der Waals surface area contributed by atoms with Crippen molar-refractivity contribution in [1.29, 1.82) is 0 Å². The van der Waals surface area contributed by atoms with Crippen LogP contribution in [0.15, 0.2) is 18.2 Å². The van der Waals surface area contributed by atoms with Crippen LogP contribution >= 0.6 is 0 Å². The van der Waals surface area contributed by atoms with Gasteiger partial charge in [-0.05, 0) is 58.2 Å². The molecule has 0 atom stereocenters. The first-order valence-corrected chi connectivity index (χ1v) is 9.60. The number of carbonyl (C=O) groups excluding carboxylic acids is 2. The minimum Gasteiger partial charge on any atom is -0.362 e. The molecule has 5 heteroatoms. The second kappa shape index (κ2) is 7.59. The number of amides is 2. The summed E-state index contributed by atoms with van der Waals surface area (Å²) in [5.74, 6) is 0.127. The smallest absolute Gasteiger partial charge is 0.255 e. The topological polar surface area (TPSA) is 56.4 Å². The third-order valence-corrected chi connectivity index (χ3v) is 5.34. The lowest BCUT2D eigenvalue weighted by Crippen LogP contribution is -2.38. The van der Waals surface area contributed by atoms with Gasteiger partial charge >= 0.3 is 0 Å². The van der Waals surface area contributed by atoms with Crippen LogP contribution < -0.4 is 0 Å². The van der Waals surface area contributed by atoms with Gasteiger partial charge in [0.15, 0.2) is 0 Å². The van der Waals surface area contributed by atoms with Crippen LogP contribution in [0.3, 0.4) is 0 Å². The van der Waals surface area contributed by atoms with Crippen LogP contribution in [-0.2, 0) is 0 Å². The number of carbonyl (C=O) groups is 2. The molecule has 27 heavy (non-hydrogen) atoms. The molecule has 0 spiro atoms. The Hall–Kier alpha value is -2.56. The van der Waals surface area contributed by atoms with Gasteiger partial charge in [0.25, 0.3) is 11.8 Å². The summed E-state index contributed by atoms with van der Waals surface area (Å²) >= 11 is 0. The molecule has 0 radical (unpaired) electrons. The van der Waals surface area contributed by atoms with Gasteiger partial charge in [-0.15, -0.1) is 0 Å². The zero-order valence-corrected chi connectivity index (χ0v) is 17.0. The summed E-state index contributed by atoms with van der Waals surface area (Å²) in [7, 11) is 0. The molecule has 1 aliphatic heterocycles. The van der Waals surface area contributed by atoms with Crippen molar-refractivity contribution in [1.82, 2.24) is 14.8 Å². The molecule has 1 saturated heterocycles. The molecule has 1 aromatic heterocycles. The predicted molar refractivity (Wildman–Crippen MR) is 107 cm³/mol. The number of nitrogens with one attached hydrogen (secondary N) is 1. The fourth-order valence-electron chi connectivity index (χ4n) is 4.12. The highest BCUT2D eigenvalue weighted by atomic mass is 16.2. The molecule has 1 N–H and O–H groups in total. The SMILES string of the molecule is Cc1cc(C)c(C(=O)N2CCCN(C(=O)c3cc(C)[nH]c3C)CC2)c(C)c1. The van der Waals surface area contributed by atoms with Gasteiger partial charge in [-0.25, -0.2) is 0 Å². The van der Waals surface area contributed by atoms with Crippen molar-refractivity contribution < 1.29 is 9.59 Å². The number of benzene rings is 1. The molecule has 1 aromatic carbocycles. The quantitative estimate of drug-likeness (QED) is 0.883. The van der Waals surface area contributed by atoms with Crippen molar-refractivity contribution in [3.8, 4) is 0 Å². The lowest BCUT2D eigenvalue weighted by molar-refractivity contribution is 0.0717. The maximum Gasteiger partial charge on any atom is 0.255 e. The largest absolute Gasteiger partial charge is 0.362 e. The van der Waals surface area contributed by atoms with E-state index in [-0.39, 0.29) is 11.8 Å². The molecule has 0 unspecified atom stereocenters. The van der Waals surface area contributed by atoms with Gasteiger partial charge in [0.05, 0.1) is 5.56 Å². The fourth-order valence-corrected chi connectivity index (χ4v) is 4.12. The summed E-state index contributed by atoms with van der Waals surface area (Å²) in [6.07, 6.45) is 0.796. The second-order valence-electron chi connectivity index (χ2n) is 7.70. The highest BCUT2D eigenvalue weighted by Gasteiger charge is 2.26. The Morgan fingerprint density at radius 3 is 1.89 bits per heavy atom. The van der Waals surface area contributed by atoms with Crippen LogP contribution in [0.4, 0.5) is 0 Å². The highest BCUT2D eigenvalue weighted by Crippen LogP contribution is 2.20. The molecule has 144 valence electrons. The summed E-state index contributed by atoms with van der Waals surface area (Å²) in [4.78, 5) is 33.0. The first-order chi connectivity index (χ1) is 12.8. The minimum atomic E-state index is 0.0499. The van der Waals surface area contributed by atoms with Crippen LogP contribution in [-0.4, -0.2) is 52.8 Å². The monoisotopic (exact) mass is 367 g/mol. The number of hydrogen-bond donors (Lipinski definition) is 1. The van der Waals surface area contributed by atoms with Gasteiger partial charge in [-0.2, -0.15) is 0 Å². The number of aryl methyl sites for hydroxylation is 5. The zero-order chi connectivity index (χ0) is 19.7. The Labute approximate surface area is 161 Å². The van der Waals surface area contributed by atoms with Crippen LogP contribution in [0.5, 0.6) is 0 Å². The van der Waals surface area contributed by atoms with E-state index in [9.17, 15) is 9.59 Å². The normalized spacial score (nSPS) is 15.0. The molecule has 1 fully saturated rings. The van der Waals surface area contributed by atoms with E-state index in [2.05, 4.69) is 17.1 Å². The number of aromatic nitrogens is 1. The van der Waals surface area contributed by atoms with E-state index in [1.54, 1.807) is 0 Å². The van der Waals surface area contributed by atoms with E-state index >= 15 is 0 Å². The average molecular weight is 367 g/mol. The maximum atomic E-state index is 13.1. The average Bonchev–Trinajstić information content (AvgIpc) is 2.79. The molecule has 2 heterocycles. The number of hydrogen-bond acceptors (Lipinski definition) is 2. The van der Waals surface area contributed by atoms with Crippen LogP contribution in [0.25, 0.3) is 0 Å². The molecule has 2 amide bonds. The first kappa shape index (κ1) is 19.2. The minimum absolute atomic E-state index is 0.0499. The van der Waals surface area contributed by atoms with E-state index in [4.69, 9.17) is 0 Å². The molecular formula is C22H29N3O2. The van der Waals surface area contributed by atoms with Crippen LogP contribution in [0.2, 0.25) is 0 Å². The van der Waals surface area contributed by atoms with E-state index in [1.807, 2.05) is 50.5 Å². The van der Waals surface area contributed by atoms with Gasteiger partial charge in [0, 0.05) is 43.1 Å². The molecule has 1 aliphatic rings. The third-order valence-electron chi connectivity index (χ3n) is 5.34. The third kappa shape index (κ3) is 3.92. The second-order valence-corrected chi connectivity index (χ2v) is 7.70. The van der Waals surface area contributed by atoms with Gasteiger partial charge < -0.3 is 14.8 Å². The molecule has 0 saturated carbocycles. The number of nitrogens with zero attached hydrogens (tertiary/aromatic N) is 2. The molecule has 5 nitrogen and oxygen atoms in total. The zero-order valence-electron chi connectivity index (χ0n) is 17.0. The fraction of sp³-hybridized carbons (Fsp3) is 0.455. The van der Waals surface area contributed by atoms with Crippen molar-refractivity contribution in [3.63, 3.8) is 0 Å². The van der Waals surface area contributed by atoms with Crippen molar-refractivity contribution in [2.75, 3.05) is 26.2 Å². The van der Waals surface area contributed by atoms with Crippen molar-refractivity contribution in [2.24, 2.45) is 0 Å². The molecule has 0 aliphatic carbocycles. The van der Waals surface area contributed by atoms with E-state index < -0.39 is 0 Å². The molecule has 0 bridgehead atoms. The van der Waals surface area contributed by atoms with Crippen LogP contribution in [0, 0.1) is 34.6 Å². The Balaban J connectivity index is 1.74. The summed E-state index contributed by atoms with van der Waals surface area (Å²) in [5, 5.41) is 0. The standard InChI is InChI=1S/C22H29N3O2/c1-14-11-15(2)20(16(3)12-14)22(27)25-8-6-7-24(9-10-25)21(26)19-13-17(4)23-18(19)5/h11-13,23H,6-10H2,1-5H3. The van der Waals surface area contributed by atoms with E-state index in [0.717, 1.165) is 40.1 Å². The van der Waals surface area contributed by atoms with Crippen molar-refractivity contribution in [3.05, 3.63) is 57.4 Å². The Kier molecular flexibility index (Phi) is 5.40. The van der Waals surface area contributed by atoms with Gasteiger partial charge in [-0.1, -0.05) is 17.7 Å². The van der Waals surface area contributed by atoms with Gasteiger partial charge in [-0.3, -0.25) is 9.59 Å². The predicted octanol–water partition coefficient (Wildman–Crippen LogP) is 3.55. The summed E-state index contributed by atoms with van der Waals surface area (Å²) < 4.78 is 0. The number of aromatic amines is 1. The van der Waals surface area contributed by atoms with Crippen molar-refractivity contribution in [2.45, 2.75) is 41.0 Å². The first-order valence-electron chi connectivity index (χ1n) is 9.60. The molecular weight excluding hydrogens is 338 g/mol. The Morgan fingerprint density at radius 1 is 0.815 bits per heavy atom. The Bertz CT molecular complexity index is 859. The van der Waals surface area contributed by atoms with E-state index in [0.29, 0.717) is 26.2 Å². The molecule has 3 rings (SSSR count). The highest BCUT2D eigenvalue weighted by molar-refractivity contribution is 5.98. The summed E-state index contributed by atoms with van der Waals surface area (Å²) in [5.41, 5.74) is 6.65. The van der Waals surface area contributed by atoms with Crippen LogP contribution in [0.1, 0.15) is 55.2 Å². The summed E-state index contributed by atoms with van der Waals surface area (Å²) in [6.45, 7) is 12.4. The van der Waals surface area contributed by atoms with Gasteiger partial charge in [0.2, 0.25) is 0 Å². The molecule has 2 aromatic rings. The number of rotatable bonds is 2. The Morgan fingerprint density at radius 2 is 1.37 bits per heavy atom. The maximum absolute atomic E-state index is 13.1. The number of H-pyrrole nitrogens is 1. The van der Waals surface area contributed by atoms with Gasteiger partial charge in [0.1, 0.15) is 0 Å². The van der Waals surface area contributed by atoms with E-state index in [1.165, 1.54) is 5.56 Å². The van der Waals surface area contributed by atoms with Crippen molar-refractivity contribution >= 4 is 11.8 Å². The lowest BCUT2D eigenvalue weighted by atomic mass is 9.98.